The Morgan fingerprint density at radius 1 is 1.05 bits per heavy atom. The zero-order valence-corrected chi connectivity index (χ0v) is 12.0. The quantitative estimate of drug-likeness (QED) is 0.869. The molecule has 1 aliphatic carbocycles. The number of benzene rings is 2. The minimum absolute atomic E-state index is 0.161. The Morgan fingerprint density at radius 2 is 1.75 bits per heavy atom. The lowest BCUT2D eigenvalue weighted by Gasteiger charge is -2.12. The van der Waals surface area contributed by atoms with Crippen molar-refractivity contribution >= 4 is 0 Å². The van der Waals surface area contributed by atoms with Crippen LogP contribution in [-0.2, 0) is 6.54 Å². The van der Waals surface area contributed by atoms with E-state index < -0.39 is 0 Å². The molecule has 0 radical (unpaired) electrons. The lowest BCUT2D eigenvalue weighted by molar-refractivity contribution is 0.620. The van der Waals surface area contributed by atoms with Crippen molar-refractivity contribution in [3.05, 3.63) is 58.9 Å². The Labute approximate surface area is 119 Å². The fourth-order valence-corrected chi connectivity index (χ4v) is 2.66. The molecule has 0 aliphatic heterocycles. The first-order chi connectivity index (χ1) is 9.61. The molecule has 2 heteroatoms. The second-order valence-corrected chi connectivity index (χ2v) is 5.83. The topological polar surface area (TPSA) is 12.0 Å². The van der Waals surface area contributed by atoms with Crippen molar-refractivity contribution in [2.24, 2.45) is 0 Å². The summed E-state index contributed by atoms with van der Waals surface area (Å²) in [5.41, 5.74) is 5.83. The van der Waals surface area contributed by atoms with Crippen LogP contribution in [0.5, 0.6) is 0 Å². The Kier molecular flexibility index (Phi) is 3.58. The molecular weight excluding hydrogens is 249 g/mol. The van der Waals surface area contributed by atoms with Crippen LogP contribution in [-0.4, -0.2) is 6.04 Å². The van der Waals surface area contributed by atoms with Gasteiger partial charge in [0.15, 0.2) is 0 Å². The van der Waals surface area contributed by atoms with Gasteiger partial charge in [0.2, 0.25) is 0 Å². The van der Waals surface area contributed by atoms with E-state index in [0.29, 0.717) is 6.04 Å². The number of hydrogen-bond acceptors (Lipinski definition) is 1. The molecule has 20 heavy (non-hydrogen) atoms. The molecule has 104 valence electrons. The highest BCUT2D eigenvalue weighted by Crippen LogP contribution is 2.28. The van der Waals surface area contributed by atoms with E-state index in [1.165, 1.54) is 29.5 Å². The third kappa shape index (κ3) is 3.07. The molecule has 1 N–H and O–H groups in total. The lowest BCUT2D eigenvalue weighted by atomic mass is 9.96. The smallest absolute Gasteiger partial charge is 0.123 e. The number of rotatable bonds is 4. The van der Waals surface area contributed by atoms with E-state index in [4.69, 9.17) is 0 Å². The van der Waals surface area contributed by atoms with Gasteiger partial charge in [-0.3, -0.25) is 0 Å². The van der Waals surface area contributed by atoms with Crippen LogP contribution in [0.3, 0.4) is 0 Å². The van der Waals surface area contributed by atoms with Crippen molar-refractivity contribution in [3.63, 3.8) is 0 Å². The third-order valence-electron chi connectivity index (χ3n) is 3.76. The van der Waals surface area contributed by atoms with Gasteiger partial charge in [0.1, 0.15) is 5.82 Å². The van der Waals surface area contributed by atoms with Crippen molar-refractivity contribution < 1.29 is 4.39 Å². The van der Waals surface area contributed by atoms with Gasteiger partial charge in [-0.05, 0) is 55.5 Å². The van der Waals surface area contributed by atoms with E-state index >= 15 is 0 Å². The highest BCUT2D eigenvalue weighted by Gasteiger charge is 2.20. The summed E-state index contributed by atoms with van der Waals surface area (Å²) >= 11 is 0. The van der Waals surface area contributed by atoms with Crippen LogP contribution in [0.15, 0.2) is 36.4 Å². The third-order valence-corrected chi connectivity index (χ3v) is 3.76. The second kappa shape index (κ2) is 5.37. The molecule has 0 aromatic heterocycles. The first kappa shape index (κ1) is 13.3. The Morgan fingerprint density at radius 3 is 2.40 bits per heavy atom. The fraction of sp³-hybridized carbons (Fsp3) is 0.333. The van der Waals surface area contributed by atoms with Gasteiger partial charge < -0.3 is 5.32 Å². The molecule has 1 fully saturated rings. The monoisotopic (exact) mass is 269 g/mol. The van der Waals surface area contributed by atoms with E-state index in [-0.39, 0.29) is 5.82 Å². The molecule has 2 aromatic rings. The number of aryl methyl sites for hydroxylation is 2. The normalized spacial score (nSPS) is 14.6. The van der Waals surface area contributed by atoms with Crippen molar-refractivity contribution in [2.75, 3.05) is 0 Å². The molecule has 0 saturated heterocycles. The minimum Gasteiger partial charge on any atom is -0.310 e. The van der Waals surface area contributed by atoms with Crippen LogP contribution in [0.4, 0.5) is 4.39 Å². The van der Waals surface area contributed by atoms with Crippen molar-refractivity contribution in [1.29, 1.82) is 0 Å². The van der Waals surface area contributed by atoms with Crippen LogP contribution in [0.25, 0.3) is 11.1 Å². The molecule has 2 aromatic carbocycles. The summed E-state index contributed by atoms with van der Waals surface area (Å²) in [7, 11) is 0. The van der Waals surface area contributed by atoms with Crippen molar-refractivity contribution in [2.45, 2.75) is 39.3 Å². The number of nitrogens with one attached hydrogen (secondary N) is 1. The van der Waals surface area contributed by atoms with E-state index in [2.05, 4.69) is 37.4 Å². The van der Waals surface area contributed by atoms with Gasteiger partial charge in [-0.25, -0.2) is 4.39 Å². The first-order valence-electron chi connectivity index (χ1n) is 7.22. The standard InChI is InChI=1S/C18H20FN/c1-12-7-13(2)9-14(8-12)18-6-3-16(19)10-15(18)11-20-17-4-5-17/h3,6-10,17,20H,4-5,11H2,1-2H3. The zero-order chi connectivity index (χ0) is 14.1. The van der Waals surface area contributed by atoms with E-state index in [1.54, 1.807) is 12.1 Å². The maximum Gasteiger partial charge on any atom is 0.123 e. The maximum absolute atomic E-state index is 13.5. The molecule has 0 heterocycles. The molecule has 0 bridgehead atoms. The van der Waals surface area contributed by atoms with Crippen LogP contribution in [0.1, 0.15) is 29.5 Å². The van der Waals surface area contributed by atoms with Crippen LogP contribution >= 0.6 is 0 Å². The van der Waals surface area contributed by atoms with Gasteiger partial charge in [0.05, 0.1) is 0 Å². The Balaban J connectivity index is 1.97. The molecular formula is C18H20FN. The van der Waals surface area contributed by atoms with E-state index in [0.717, 1.165) is 17.7 Å². The van der Waals surface area contributed by atoms with E-state index in [9.17, 15) is 4.39 Å². The van der Waals surface area contributed by atoms with Gasteiger partial charge in [-0.1, -0.05) is 35.4 Å². The van der Waals surface area contributed by atoms with Gasteiger partial charge in [0, 0.05) is 12.6 Å². The number of hydrogen-bond donors (Lipinski definition) is 1. The first-order valence-corrected chi connectivity index (χ1v) is 7.22. The molecule has 0 spiro atoms. The van der Waals surface area contributed by atoms with Crippen molar-refractivity contribution in [1.82, 2.24) is 5.32 Å². The van der Waals surface area contributed by atoms with Gasteiger partial charge >= 0.3 is 0 Å². The summed E-state index contributed by atoms with van der Waals surface area (Å²) in [6.45, 7) is 4.94. The maximum atomic E-state index is 13.5. The minimum atomic E-state index is -0.161. The predicted molar refractivity (Wildman–Crippen MR) is 81.2 cm³/mol. The molecule has 3 rings (SSSR count). The lowest BCUT2D eigenvalue weighted by Crippen LogP contribution is -2.16. The average molecular weight is 269 g/mol. The second-order valence-electron chi connectivity index (χ2n) is 5.83. The Bertz CT molecular complexity index is 609. The van der Waals surface area contributed by atoms with Gasteiger partial charge in [-0.2, -0.15) is 0 Å². The van der Waals surface area contributed by atoms with Crippen LogP contribution in [0.2, 0.25) is 0 Å². The molecule has 0 atom stereocenters. The van der Waals surface area contributed by atoms with E-state index in [1.807, 2.05) is 6.07 Å². The largest absolute Gasteiger partial charge is 0.310 e. The summed E-state index contributed by atoms with van der Waals surface area (Å²) < 4.78 is 13.5. The van der Waals surface area contributed by atoms with Crippen LogP contribution < -0.4 is 5.32 Å². The molecule has 0 unspecified atom stereocenters. The van der Waals surface area contributed by atoms with Gasteiger partial charge in [-0.15, -0.1) is 0 Å². The Hall–Kier alpha value is -1.67. The SMILES string of the molecule is Cc1cc(C)cc(-c2ccc(F)cc2CNC2CC2)c1. The van der Waals surface area contributed by atoms with Crippen molar-refractivity contribution in [3.8, 4) is 11.1 Å². The van der Waals surface area contributed by atoms with Gasteiger partial charge in [0.25, 0.3) is 0 Å². The summed E-state index contributed by atoms with van der Waals surface area (Å²) in [6, 6.07) is 12.2. The summed E-state index contributed by atoms with van der Waals surface area (Å²) in [5, 5.41) is 3.47. The number of halogens is 1. The highest BCUT2D eigenvalue weighted by atomic mass is 19.1. The fourth-order valence-electron chi connectivity index (χ4n) is 2.66. The molecule has 0 amide bonds. The average Bonchev–Trinajstić information content (AvgIpc) is 3.19. The summed E-state index contributed by atoms with van der Waals surface area (Å²) in [5.74, 6) is -0.161. The molecule has 1 aliphatic rings. The van der Waals surface area contributed by atoms with Crippen LogP contribution in [0, 0.1) is 19.7 Å². The molecule has 1 saturated carbocycles. The highest BCUT2D eigenvalue weighted by molar-refractivity contribution is 5.68. The summed E-state index contributed by atoms with van der Waals surface area (Å²) in [6.07, 6.45) is 2.49. The zero-order valence-electron chi connectivity index (χ0n) is 12.0. The summed E-state index contributed by atoms with van der Waals surface area (Å²) in [4.78, 5) is 0. The molecule has 1 nitrogen and oxygen atoms in total. The predicted octanol–water partition coefficient (Wildman–Crippen LogP) is 4.36.